The second-order valence-corrected chi connectivity index (χ2v) is 6.52. The van der Waals surface area contributed by atoms with Crippen molar-refractivity contribution in [3.8, 4) is 0 Å². The molecule has 1 saturated heterocycles. The molecule has 2 rings (SSSR count). The lowest BCUT2D eigenvalue weighted by Gasteiger charge is -2.31. The standard InChI is InChI=1S/C18H25FN2O3/c1-13(14-3-5-15(19)6-4-14)11-17(23)20(2)12-18(24)21-9-7-16(22)8-10-21/h3-6,13,16,22H,7-12H2,1-2H3. The Balaban J connectivity index is 1.83. The molecule has 0 aromatic heterocycles. The molecule has 5 nitrogen and oxygen atoms in total. The first kappa shape index (κ1) is 18.4. The molecule has 0 spiro atoms. The van der Waals surface area contributed by atoms with E-state index >= 15 is 0 Å². The second kappa shape index (κ2) is 8.24. The molecule has 1 aromatic carbocycles. The van der Waals surface area contributed by atoms with Crippen molar-refractivity contribution in [2.24, 2.45) is 0 Å². The molecular weight excluding hydrogens is 311 g/mol. The van der Waals surface area contributed by atoms with Crippen LogP contribution in [0.3, 0.4) is 0 Å². The Hall–Kier alpha value is -1.95. The summed E-state index contributed by atoms with van der Waals surface area (Å²) in [7, 11) is 1.62. The second-order valence-electron chi connectivity index (χ2n) is 6.52. The fraction of sp³-hybridized carbons (Fsp3) is 0.556. The van der Waals surface area contributed by atoms with Crippen molar-refractivity contribution in [3.63, 3.8) is 0 Å². The number of aliphatic hydroxyl groups excluding tert-OH is 1. The van der Waals surface area contributed by atoms with Crippen molar-refractivity contribution in [3.05, 3.63) is 35.6 Å². The fourth-order valence-corrected chi connectivity index (χ4v) is 2.83. The van der Waals surface area contributed by atoms with Gasteiger partial charge in [-0.1, -0.05) is 19.1 Å². The summed E-state index contributed by atoms with van der Waals surface area (Å²) in [4.78, 5) is 27.7. The van der Waals surface area contributed by atoms with E-state index in [1.54, 1.807) is 24.1 Å². The van der Waals surface area contributed by atoms with Gasteiger partial charge in [0.2, 0.25) is 11.8 Å². The number of nitrogens with zero attached hydrogens (tertiary/aromatic N) is 2. The summed E-state index contributed by atoms with van der Waals surface area (Å²) in [6.07, 6.45) is 1.12. The molecule has 0 bridgehead atoms. The highest BCUT2D eigenvalue weighted by molar-refractivity contribution is 5.85. The van der Waals surface area contributed by atoms with E-state index in [0.717, 1.165) is 5.56 Å². The molecule has 1 unspecified atom stereocenters. The van der Waals surface area contributed by atoms with Crippen molar-refractivity contribution < 1.29 is 19.1 Å². The van der Waals surface area contributed by atoms with Crippen molar-refractivity contribution in [1.82, 2.24) is 9.80 Å². The molecule has 1 aromatic rings. The van der Waals surface area contributed by atoms with E-state index in [0.29, 0.717) is 25.9 Å². The number of likely N-dealkylation sites (tertiary alicyclic amines) is 1. The van der Waals surface area contributed by atoms with Gasteiger partial charge in [0.1, 0.15) is 5.82 Å². The number of carbonyl (C=O) groups excluding carboxylic acids is 2. The minimum atomic E-state index is -0.329. The Bertz CT molecular complexity index is 568. The zero-order valence-electron chi connectivity index (χ0n) is 14.2. The molecule has 0 saturated carbocycles. The lowest BCUT2D eigenvalue weighted by atomic mass is 9.97. The highest BCUT2D eigenvalue weighted by Crippen LogP contribution is 2.20. The monoisotopic (exact) mass is 336 g/mol. The van der Waals surface area contributed by atoms with Gasteiger partial charge in [0, 0.05) is 26.6 Å². The average molecular weight is 336 g/mol. The van der Waals surface area contributed by atoms with Crippen LogP contribution >= 0.6 is 0 Å². The number of likely N-dealkylation sites (N-methyl/N-ethyl adjacent to an activating group) is 1. The van der Waals surface area contributed by atoms with Crippen molar-refractivity contribution in [2.75, 3.05) is 26.7 Å². The summed E-state index contributed by atoms with van der Waals surface area (Å²) in [5, 5.41) is 9.48. The maximum atomic E-state index is 13.0. The predicted molar refractivity (Wildman–Crippen MR) is 88.9 cm³/mol. The van der Waals surface area contributed by atoms with E-state index in [9.17, 15) is 19.1 Å². The predicted octanol–water partition coefficient (Wildman–Crippen LogP) is 1.76. The maximum Gasteiger partial charge on any atom is 0.242 e. The SMILES string of the molecule is CC(CC(=O)N(C)CC(=O)N1CCC(O)CC1)c1ccc(F)cc1. The first-order valence-electron chi connectivity index (χ1n) is 8.32. The fourth-order valence-electron chi connectivity index (χ4n) is 2.83. The van der Waals surface area contributed by atoms with E-state index < -0.39 is 0 Å². The molecule has 1 atom stereocenters. The normalized spacial score (nSPS) is 16.8. The number of halogens is 1. The van der Waals surface area contributed by atoms with Crippen molar-refractivity contribution >= 4 is 11.8 Å². The quantitative estimate of drug-likeness (QED) is 0.891. The first-order valence-corrected chi connectivity index (χ1v) is 8.32. The first-order chi connectivity index (χ1) is 11.4. The van der Waals surface area contributed by atoms with Gasteiger partial charge in [-0.25, -0.2) is 4.39 Å². The van der Waals surface area contributed by atoms with Gasteiger partial charge in [-0.3, -0.25) is 9.59 Å². The van der Waals surface area contributed by atoms with E-state index in [2.05, 4.69) is 0 Å². The Labute approximate surface area is 142 Å². The van der Waals surface area contributed by atoms with E-state index in [1.165, 1.54) is 17.0 Å². The number of aliphatic hydroxyl groups is 1. The van der Waals surface area contributed by atoms with Crippen LogP contribution in [-0.2, 0) is 9.59 Å². The molecular formula is C18H25FN2O3. The molecule has 2 amide bonds. The van der Waals surface area contributed by atoms with Gasteiger partial charge in [0.15, 0.2) is 0 Å². The van der Waals surface area contributed by atoms with Crippen LogP contribution in [0, 0.1) is 5.82 Å². The van der Waals surface area contributed by atoms with Crippen LogP contribution in [-0.4, -0.2) is 59.5 Å². The van der Waals surface area contributed by atoms with E-state index in [1.807, 2.05) is 6.92 Å². The number of carbonyl (C=O) groups is 2. The number of hydrogen-bond acceptors (Lipinski definition) is 3. The third-order valence-corrected chi connectivity index (χ3v) is 4.54. The molecule has 6 heteroatoms. The zero-order valence-corrected chi connectivity index (χ0v) is 14.2. The number of amides is 2. The highest BCUT2D eigenvalue weighted by Gasteiger charge is 2.24. The number of benzene rings is 1. The molecule has 1 aliphatic heterocycles. The van der Waals surface area contributed by atoms with E-state index in [-0.39, 0.29) is 42.6 Å². The minimum absolute atomic E-state index is 0.0409. The summed E-state index contributed by atoms with van der Waals surface area (Å²) in [5.41, 5.74) is 0.898. The minimum Gasteiger partial charge on any atom is -0.393 e. The Morgan fingerprint density at radius 2 is 1.88 bits per heavy atom. The number of piperidine rings is 1. The largest absolute Gasteiger partial charge is 0.393 e. The molecule has 0 radical (unpaired) electrons. The highest BCUT2D eigenvalue weighted by atomic mass is 19.1. The van der Waals surface area contributed by atoms with Gasteiger partial charge in [-0.15, -0.1) is 0 Å². The van der Waals surface area contributed by atoms with Gasteiger partial charge in [-0.2, -0.15) is 0 Å². The van der Waals surface area contributed by atoms with Crippen molar-refractivity contribution in [2.45, 2.75) is 38.2 Å². The number of rotatable bonds is 5. The summed E-state index contributed by atoms with van der Waals surface area (Å²) in [6.45, 7) is 3.03. The summed E-state index contributed by atoms with van der Waals surface area (Å²) in [6, 6.07) is 6.12. The van der Waals surface area contributed by atoms with Gasteiger partial charge >= 0.3 is 0 Å². The van der Waals surface area contributed by atoms with Crippen LogP contribution in [0.4, 0.5) is 4.39 Å². The molecule has 1 fully saturated rings. The molecule has 1 aliphatic rings. The Kier molecular flexibility index (Phi) is 6.31. The van der Waals surface area contributed by atoms with E-state index in [4.69, 9.17) is 0 Å². The smallest absolute Gasteiger partial charge is 0.242 e. The van der Waals surface area contributed by atoms with Crippen molar-refractivity contribution in [1.29, 1.82) is 0 Å². The third kappa shape index (κ3) is 5.03. The van der Waals surface area contributed by atoms with Gasteiger partial charge in [0.05, 0.1) is 12.6 Å². The van der Waals surface area contributed by atoms with Gasteiger partial charge in [-0.05, 0) is 36.5 Å². The molecule has 24 heavy (non-hydrogen) atoms. The molecule has 1 heterocycles. The maximum absolute atomic E-state index is 13.0. The summed E-state index contributed by atoms with van der Waals surface area (Å²) in [5.74, 6) is -0.545. The van der Waals surface area contributed by atoms with Crippen LogP contribution in [0.5, 0.6) is 0 Å². The summed E-state index contributed by atoms with van der Waals surface area (Å²) < 4.78 is 13.0. The number of hydrogen-bond donors (Lipinski definition) is 1. The Morgan fingerprint density at radius 3 is 2.46 bits per heavy atom. The third-order valence-electron chi connectivity index (χ3n) is 4.54. The van der Waals surface area contributed by atoms with Gasteiger partial charge in [0.25, 0.3) is 0 Å². The average Bonchev–Trinajstić information content (AvgIpc) is 2.55. The topological polar surface area (TPSA) is 60.9 Å². The molecule has 1 N–H and O–H groups in total. The van der Waals surface area contributed by atoms with Crippen LogP contribution in [0.1, 0.15) is 37.7 Å². The van der Waals surface area contributed by atoms with Crippen LogP contribution in [0.25, 0.3) is 0 Å². The van der Waals surface area contributed by atoms with Gasteiger partial charge < -0.3 is 14.9 Å². The molecule has 0 aliphatic carbocycles. The lowest BCUT2D eigenvalue weighted by molar-refractivity contribution is -0.140. The lowest BCUT2D eigenvalue weighted by Crippen LogP contribution is -2.45. The van der Waals surface area contributed by atoms with Crippen LogP contribution < -0.4 is 0 Å². The summed E-state index contributed by atoms with van der Waals surface area (Å²) >= 11 is 0. The Morgan fingerprint density at radius 1 is 1.29 bits per heavy atom. The zero-order chi connectivity index (χ0) is 17.7. The molecule has 132 valence electrons. The van der Waals surface area contributed by atoms with Crippen LogP contribution in [0.2, 0.25) is 0 Å². The van der Waals surface area contributed by atoms with Crippen LogP contribution in [0.15, 0.2) is 24.3 Å².